The highest BCUT2D eigenvalue weighted by molar-refractivity contribution is 5.60. The van der Waals surface area contributed by atoms with Gasteiger partial charge in [0.2, 0.25) is 0 Å². The summed E-state index contributed by atoms with van der Waals surface area (Å²) in [5.41, 5.74) is 8.60. The third kappa shape index (κ3) is 2.70. The van der Waals surface area contributed by atoms with Crippen LogP contribution in [0.1, 0.15) is 30.0 Å². The molecule has 1 aliphatic heterocycles. The van der Waals surface area contributed by atoms with Gasteiger partial charge in [-0.1, -0.05) is 6.07 Å². The summed E-state index contributed by atoms with van der Waals surface area (Å²) >= 11 is 0. The second kappa shape index (κ2) is 5.49. The molecule has 0 unspecified atom stereocenters. The van der Waals surface area contributed by atoms with Crippen LogP contribution in [0, 0.1) is 18.3 Å². The second-order valence-corrected chi connectivity index (χ2v) is 5.57. The summed E-state index contributed by atoms with van der Waals surface area (Å²) in [7, 11) is 0. The van der Waals surface area contributed by atoms with E-state index in [-0.39, 0.29) is 0 Å². The smallest absolute Gasteiger partial charge is 0.145 e. The van der Waals surface area contributed by atoms with Gasteiger partial charge in [0.1, 0.15) is 11.9 Å². The molecule has 2 N–H and O–H groups in total. The summed E-state index contributed by atoms with van der Waals surface area (Å²) in [4.78, 5) is 2.29. The van der Waals surface area contributed by atoms with Crippen molar-refractivity contribution in [3.63, 3.8) is 0 Å². The van der Waals surface area contributed by atoms with Crippen molar-refractivity contribution < 1.29 is 0 Å². The summed E-state index contributed by atoms with van der Waals surface area (Å²) < 4.78 is 1.97. The Morgan fingerprint density at radius 3 is 2.67 bits per heavy atom. The van der Waals surface area contributed by atoms with E-state index in [1.807, 2.05) is 29.9 Å². The number of hydrogen-bond donors (Lipinski definition) is 1. The third-order valence-electron chi connectivity index (χ3n) is 4.08. The fourth-order valence-electron chi connectivity index (χ4n) is 2.94. The van der Waals surface area contributed by atoms with Crippen LogP contribution in [0.2, 0.25) is 0 Å². The van der Waals surface area contributed by atoms with Crippen LogP contribution in [-0.4, -0.2) is 22.9 Å². The van der Waals surface area contributed by atoms with Crippen LogP contribution in [0.5, 0.6) is 0 Å². The van der Waals surface area contributed by atoms with E-state index in [4.69, 9.17) is 5.73 Å². The van der Waals surface area contributed by atoms with E-state index >= 15 is 0 Å². The first-order chi connectivity index (χ1) is 10.2. The van der Waals surface area contributed by atoms with Crippen molar-refractivity contribution in [1.29, 1.82) is 5.26 Å². The molecular weight excluding hydrogens is 262 g/mol. The predicted octanol–water partition coefficient (Wildman–Crippen LogP) is 2.49. The Bertz CT molecular complexity index is 674. The normalized spacial score (nSPS) is 15.9. The number of aryl methyl sites for hydroxylation is 1. The number of nitrogens with zero attached hydrogens (tertiary/aromatic N) is 4. The number of benzene rings is 1. The SMILES string of the molecule is Cc1ccc(N2CCC(n3ccc(N)n3)CC2)c(C#N)c1. The molecule has 0 spiro atoms. The Labute approximate surface area is 124 Å². The summed E-state index contributed by atoms with van der Waals surface area (Å²) in [6.45, 7) is 3.88. The van der Waals surface area contributed by atoms with Crippen molar-refractivity contribution in [1.82, 2.24) is 9.78 Å². The average molecular weight is 281 g/mol. The van der Waals surface area contributed by atoms with Crippen LogP contribution in [0.3, 0.4) is 0 Å². The summed E-state index contributed by atoms with van der Waals surface area (Å²) in [5, 5.41) is 13.6. The van der Waals surface area contributed by atoms with E-state index in [0.29, 0.717) is 11.9 Å². The van der Waals surface area contributed by atoms with Crippen molar-refractivity contribution in [3.05, 3.63) is 41.6 Å². The number of rotatable bonds is 2. The van der Waals surface area contributed by atoms with Crippen molar-refractivity contribution >= 4 is 11.5 Å². The van der Waals surface area contributed by atoms with Crippen molar-refractivity contribution in [3.8, 4) is 6.07 Å². The molecule has 1 fully saturated rings. The molecule has 0 atom stereocenters. The summed E-state index contributed by atoms with van der Waals surface area (Å²) in [6.07, 6.45) is 3.97. The zero-order valence-corrected chi connectivity index (χ0v) is 12.2. The van der Waals surface area contributed by atoms with E-state index in [1.54, 1.807) is 0 Å². The third-order valence-corrected chi connectivity index (χ3v) is 4.08. The minimum absolute atomic E-state index is 0.398. The van der Waals surface area contributed by atoms with E-state index in [0.717, 1.165) is 42.7 Å². The fraction of sp³-hybridized carbons (Fsp3) is 0.375. The number of hydrogen-bond acceptors (Lipinski definition) is 4. The Kier molecular flexibility index (Phi) is 3.53. The van der Waals surface area contributed by atoms with Gasteiger partial charge < -0.3 is 10.6 Å². The molecule has 21 heavy (non-hydrogen) atoms. The number of anilines is 2. The van der Waals surface area contributed by atoms with Gasteiger partial charge in [0, 0.05) is 19.3 Å². The molecule has 2 aromatic rings. The Morgan fingerprint density at radius 1 is 1.29 bits per heavy atom. The Morgan fingerprint density at radius 2 is 2.05 bits per heavy atom. The number of nitrogens with two attached hydrogens (primary N) is 1. The first kappa shape index (κ1) is 13.5. The molecule has 1 saturated heterocycles. The fourth-order valence-corrected chi connectivity index (χ4v) is 2.94. The van der Waals surface area contributed by atoms with Crippen molar-refractivity contribution in [2.24, 2.45) is 0 Å². The molecular formula is C16H19N5. The lowest BCUT2D eigenvalue weighted by molar-refractivity contribution is 0.367. The molecule has 0 saturated carbocycles. The van der Waals surface area contributed by atoms with Crippen LogP contribution in [-0.2, 0) is 0 Å². The Balaban J connectivity index is 1.73. The van der Waals surface area contributed by atoms with E-state index in [1.165, 1.54) is 0 Å². The number of aromatic nitrogens is 2. The average Bonchev–Trinajstić information content (AvgIpc) is 2.94. The molecule has 1 aromatic carbocycles. The molecule has 1 aromatic heterocycles. The monoisotopic (exact) mass is 281 g/mol. The topological polar surface area (TPSA) is 70.9 Å². The predicted molar refractivity (Wildman–Crippen MR) is 83.0 cm³/mol. The molecule has 1 aliphatic rings. The molecule has 0 amide bonds. The minimum atomic E-state index is 0.398. The molecule has 5 nitrogen and oxygen atoms in total. The molecule has 3 rings (SSSR count). The van der Waals surface area contributed by atoms with Gasteiger partial charge in [0.25, 0.3) is 0 Å². The van der Waals surface area contributed by atoms with Crippen LogP contribution >= 0.6 is 0 Å². The molecule has 108 valence electrons. The highest BCUT2D eigenvalue weighted by Gasteiger charge is 2.22. The van der Waals surface area contributed by atoms with Crippen LogP contribution in [0.25, 0.3) is 0 Å². The summed E-state index contributed by atoms with van der Waals surface area (Å²) in [6, 6.07) is 10.6. The number of piperidine rings is 1. The van der Waals surface area contributed by atoms with E-state index in [2.05, 4.69) is 28.2 Å². The maximum atomic E-state index is 9.30. The van der Waals surface area contributed by atoms with Gasteiger partial charge in [0.05, 0.1) is 17.3 Å². The maximum absolute atomic E-state index is 9.30. The first-order valence-corrected chi connectivity index (χ1v) is 7.23. The second-order valence-electron chi connectivity index (χ2n) is 5.57. The van der Waals surface area contributed by atoms with Crippen LogP contribution < -0.4 is 10.6 Å². The minimum Gasteiger partial charge on any atom is -0.382 e. The zero-order chi connectivity index (χ0) is 14.8. The van der Waals surface area contributed by atoms with Gasteiger partial charge in [0.15, 0.2) is 0 Å². The van der Waals surface area contributed by atoms with Gasteiger partial charge in [-0.2, -0.15) is 10.4 Å². The van der Waals surface area contributed by atoms with Crippen LogP contribution in [0.4, 0.5) is 11.5 Å². The van der Waals surface area contributed by atoms with E-state index in [9.17, 15) is 5.26 Å². The van der Waals surface area contributed by atoms with Crippen molar-refractivity contribution in [2.75, 3.05) is 23.7 Å². The first-order valence-electron chi connectivity index (χ1n) is 7.23. The Hall–Kier alpha value is -2.48. The van der Waals surface area contributed by atoms with Gasteiger partial charge in [-0.05, 0) is 43.5 Å². The highest BCUT2D eigenvalue weighted by atomic mass is 15.3. The number of nitriles is 1. The lowest BCUT2D eigenvalue weighted by Crippen LogP contribution is -2.35. The lowest BCUT2D eigenvalue weighted by atomic mass is 10.0. The number of nitrogen functional groups attached to an aromatic ring is 1. The van der Waals surface area contributed by atoms with Gasteiger partial charge in [-0.3, -0.25) is 4.68 Å². The molecule has 0 bridgehead atoms. The van der Waals surface area contributed by atoms with Gasteiger partial charge in [-0.25, -0.2) is 0 Å². The molecule has 2 heterocycles. The van der Waals surface area contributed by atoms with Gasteiger partial charge in [-0.15, -0.1) is 0 Å². The largest absolute Gasteiger partial charge is 0.382 e. The maximum Gasteiger partial charge on any atom is 0.145 e. The standard InChI is InChI=1S/C16H19N5/c1-12-2-3-15(13(10-12)11-17)20-7-4-14(5-8-20)21-9-6-16(18)19-21/h2-3,6,9-10,14H,4-5,7-8H2,1H3,(H2,18,19). The van der Waals surface area contributed by atoms with E-state index < -0.39 is 0 Å². The summed E-state index contributed by atoms with van der Waals surface area (Å²) in [5.74, 6) is 0.572. The zero-order valence-electron chi connectivity index (χ0n) is 12.2. The highest BCUT2D eigenvalue weighted by Crippen LogP contribution is 2.28. The lowest BCUT2D eigenvalue weighted by Gasteiger charge is -2.34. The quantitative estimate of drug-likeness (QED) is 0.918. The molecule has 0 radical (unpaired) electrons. The van der Waals surface area contributed by atoms with Gasteiger partial charge >= 0.3 is 0 Å². The van der Waals surface area contributed by atoms with Crippen molar-refractivity contribution in [2.45, 2.75) is 25.8 Å². The molecule has 0 aliphatic carbocycles. The van der Waals surface area contributed by atoms with Crippen LogP contribution in [0.15, 0.2) is 30.5 Å². The molecule has 5 heteroatoms.